The van der Waals surface area contributed by atoms with Gasteiger partial charge in [-0.15, -0.1) is 11.3 Å². The number of amides is 2. The van der Waals surface area contributed by atoms with Crippen LogP contribution in [0.25, 0.3) is 22.3 Å². The molecule has 0 aliphatic carbocycles. The fourth-order valence-corrected chi connectivity index (χ4v) is 3.97. The molecule has 0 bridgehead atoms. The number of likely N-dealkylation sites (tertiary alicyclic amines) is 1. The first-order valence-corrected chi connectivity index (χ1v) is 10.7. The average Bonchev–Trinajstić information content (AvgIpc) is 3.41. The standard InChI is InChI=1S/C20H22N6O4S/c1-12-2-3-15(29-12)18-23-14(19-22-6-9-31-19)10-16(25-18)24-17(27)11-26-7-4-13(5-8-26)30-20(21)28/h2-3,6,9-10,13H,4-5,7-8,11H2,1H3,(H2,21,28)(H,23,24,25,27). The van der Waals surface area contributed by atoms with Gasteiger partial charge in [0.1, 0.15) is 28.4 Å². The molecule has 0 atom stereocenters. The second kappa shape index (κ2) is 9.23. The third kappa shape index (κ3) is 5.44. The highest BCUT2D eigenvalue weighted by molar-refractivity contribution is 7.13. The van der Waals surface area contributed by atoms with Crippen LogP contribution in [0.1, 0.15) is 18.6 Å². The Morgan fingerprint density at radius 1 is 1.32 bits per heavy atom. The van der Waals surface area contributed by atoms with Gasteiger partial charge in [-0.2, -0.15) is 0 Å². The smallest absolute Gasteiger partial charge is 0.404 e. The Morgan fingerprint density at radius 2 is 2.13 bits per heavy atom. The van der Waals surface area contributed by atoms with E-state index in [2.05, 4.69) is 20.3 Å². The Bertz CT molecular complexity index is 1060. The summed E-state index contributed by atoms with van der Waals surface area (Å²) in [5.41, 5.74) is 5.67. The molecule has 1 saturated heterocycles. The summed E-state index contributed by atoms with van der Waals surface area (Å²) in [5.74, 6) is 1.82. The van der Waals surface area contributed by atoms with E-state index in [0.717, 1.165) is 10.8 Å². The molecule has 0 radical (unpaired) electrons. The number of nitrogens with one attached hydrogen (secondary N) is 1. The van der Waals surface area contributed by atoms with Crippen molar-refractivity contribution < 1.29 is 18.7 Å². The van der Waals surface area contributed by atoms with E-state index in [4.69, 9.17) is 14.9 Å². The summed E-state index contributed by atoms with van der Waals surface area (Å²) in [4.78, 5) is 38.8. The number of aryl methyl sites for hydroxylation is 1. The molecule has 11 heteroatoms. The number of rotatable bonds is 6. The van der Waals surface area contributed by atoms with E-state index < -0.39 is 6.09 Å². The van der Waals surface area contributed by atoms with Gasteiger partial charge in [0.05, 0.1) is 6.54 Å². The molecule has 3 N–H and O–H groups in total. The number of carbonyl (C=O) groups is 2. The van der Waals surface area contributed by atoms with Crippen molar-refractivity contribution in [3.05, 3.63) is 35.5 Å². The molecule has 4 heterocycles. The van der Waals surface area contributed by atoms with Gasteiger partial charge in [0, 0.05) is 30.7 Å². The Kier molecular flexibility index (Phi) is 6.23. The Hall–Kier alpha value is -3.31. The minimum Gasteiger partial charge on any atom is -0.458 e. The Balaban J connectivity index is 1.45. The summed E-state index contributed by atoms with van der Waals surface area (Å²) in [6.07, 6.45) is 2.01. The molecule has 1 aliphatic rings. The van der Waals surface area contributed by atoms with Crippen LogP contribution < -0.4 is 11.1 Å². The average molecular weight is 443 g/mol. The molecule has 0 unspecified atom stereocenters. The van der Waals surface area contributed by atoms with E-state index in [1.54, 1.807) is 18.3 Å². The second-order valence-electron chi connectivity index (χ2n) is 7.17. The Labute approximate surface area is 182 Å². The van der Waals surface area contributed by atoms with Gasteiger partial charge in [-0.05, 0) is 31.9 Å². The number of carbonyl (C=O) groups excluding carboxylic acids is 2. The molecule has 10 nitrogen and oxygen atoms in total. The van der Waals surface area contributed by atoms with Crippen LogP contribution in [0.3, 0.4) is 0 Å². The molecule has 2 amide bonds. The van der Waals surface area contributed by atoms with Gasteiger partial charge < -0.3 is 20.2 Å². The molecule has 1 aliphatic heterocycles. The second-order valence-corrected chi connectivity index (χ2v) is 8.06. The number of hydrogen-bond donors (Lipinski definition) is 2. The predicted molar refractivity (Wildman–Crippen MR) is 114 cm³/mol. The molecule has 3 aromatic rings. The van der Waals surface area contributed by atoms with E-state index in [9.17, 15) is 9.59 Å². The van der Waals surface area contributed by atoms with Gasteiger partial charge >= 0.3 is 6.09 Å². The molecule has 162 valence electrons. The van der Waals surface area contributed by atoms with Gasteiger partial charge in [0.15, 0.2) is 11.6 Å². The summed E-state index contributed by atoms with van der Waals surface area (Å²) in [7, 11) is 0. The van der Waals surface area contributed by atoms with E-state index in [0.29, 0.717) is 49.0 Å². The maximum Gasteiger partial charge on any atom is 0.404 e. The lowest BCUT2D eigenvalue weighted by Crippen LogP contribution is -2.42. The maximum atomic E-state index is 12.6. The van der Waals surface area contributed by atoms with Crippen LogP contribution in [0.2, 0.25) is 0 Å². The number of ether oxygens (including phenoxy) is 1. The van der Waals surface area contributed by atoms with Crippen molar-refractivity contribution in [1.29, 1.82) is 0 Å². The molecule has 1 fully saturated rings. The number of primary amides is 1. The minimum atomic E-state index is -0.765. The van der Waals surface area contributed by atoms with Gasteiger partial charge in [0.2, 0.25) is 5.91 Å². The molecule has 31 heavy (non-hydrogen) atoms. The summed E-state index contributed by atoms with van der Waals surface area (Å²) in [6, 6.07) is 5.32. The number of thiazole rings is 1. The van der Waals surface area contributed by atoms with Crippen molar-refractivity contribution in [2.45, 2.75) is 25.9 Å². The topological polar surface area (TPSA) is 136 Å². The van der Waals surface area contributed by atoms with Crippen LogP contribution in [0.4, 0.5) is 10.6 Å². The first-order chi connectivity index (χ1) is 15.0. The van der Waals surface area contributed by atoms with Crippen molar-refractivity contribution >= 4 is 29.2 Å². The first-order valence-electron chi connectivity index (χ1n) is 9.80. The summed E-state index contributed by atoms with van der Waals surface area (Å²) in [5, 5.41) is 5.43. The third-order valence-electron chi connectivity index (χ3n) is 4.79. The van der Waals surface area contributed by atoms with Crippen LogP contribution in [-0.2, 0) is 9.53 Å². The van der Waals surface area contributed by atoms with Crippen molar-refractivity contribution in [2.24, 2.45) is 5.73 Å². The van der Waals surface area contributed by atoms with Crippen LogP contribution in [0.15, 0.2) is 34.2 Å². The van der Waals surface area contributed by atoms with Gasteiger partial charge in [-0.1, -0.05) is 0 Å². The summed E-state index contributed by atoms with van der Waals surface area (Å²) < 4.78 is 10.7. The van der Waals surface area contributed by atoms with Gasteiger partial charge in [-0.3, -0.25) is 9.69 Å². The minimum absolute atomic E-state index is 0.195. The number of anilines is 1. The first kappa shape index (κ1) is 20.9. The van der Waals surface area contributed by atoms with Crippen LogP contribution >= 0.6 is 11.3 Å². The van der Waals surface area contributed by atoms with Gasteiger partial charge in [0.25, 0.3) is 0 Å². The molecule has 0 saturated carbocycles. The molecular weight excluding hydrogens is 420 g/mol. The zero-order chi connectivity index (χ0) is 21.8. The molecule has 3 aromatic heterocycles. The number of nitrogens with two attached hydrogens (primary N) is 1. The van der Waals surface area contributed by atoms with Crippen LogP contribution in [0, 0.1) is 6.92 Å². The SMILES string of the molecule is Cc1ccc(-c2nc(NC(=O)CN3CCC(OC(N)=O)CC3)cc(-c3nccs3)n2)o1. The van der Waals surface area contributed by atoms with Crippen molar-refractivity contribution in [3.63, 3.8) is 0 Å². The van der Waals surface area contributed by atoms with E-state index in [1.165, 1.54) is 11.3 Å². The lowest BCUT2D eigenvalue weighted by molar-refractivity contribution is -0.117. The third-order valence-corrected chi connectivity index (χ3v) is 5.59. The molecule has 0 aromatic carbocycles. The highest BCUT2D eigenvalue weighted by Gasteiger charge is 2.23. The number of hydrogen-bond acceptors (Lipinski definition) is 9. The van der Waals surface area contributed by atoms with Crippen LogP contribution in [0.5, 0.6) is 0 Å². The lowest BCUT2D eigenvalue weighted by Gasteiger charge is -2.30. The number of aromatic nitrogens is 3. The Morgan fingerprint density at radius 3 is 2.77 bits per heavy atom. The monoisotopic (exact) mass is 442 g/mol. The highest BCUT2D eigenvalue weighted by Crippen LogP contribution is 2.26. The fourth-order valence-electron chi connectivity index (χ4n) is 3.37. The maximum absolute atomic E-state index is 12.6. The molecular formula is C20H22N6O4S. The van der Waals surface area contributed by atoms with Crippen molar-refractivity contribution in [2.75, 3.05) is 25.0 Å². The quantitative estimate of drug-likeness (QED) is 0.594. The highest BCUT2D eigenvalue weighted by atomic mass is 32.1. The normalized spacial score (nSPS) is 15.0. The van der Waals surface area contributed by atoms with Gasteiger partial charge in [-0.25, -0.2) is 19.7 Å². The summed E-state index contributed by atoms with van der Waals surface area (Å²) in [6.45, 7) is 3.32. The van der Waals surface area contributed by atoms with Crippen molar-refractivity contribution in [3.8, 4) is 22.3 Å². The lowest BCUT2D eigenvalue weighted by atomic mass is 10.1. The largest absolute Gasteiger partial charge is 0.458 e. The van der Waals surface area contributed by atoms with E-state index in [1.807, 2.05) is 23.3 Å². The van der Waals surface area contributed by atoms with Crippen LogP contribution in [-0.4, -0.2) is 57.6 Å². The van der Waals surface area contributed by atoms with E-state index >= 15 is 0 Å². The zero-order valence-corrected chi connectivity index (χ0v) is 17.7. The predicted octanol–water partition coefficient (Wildman–Crippen LogP) is 2.67. The fraction of sp³-hybridized carbons (Fsp3) is 0.350. The summed E-state index contributed by atoms with van der Waals surface area (Å²) >= 11 is 1.45. The number of nitrogens with zero attached hydrogens (tertiary/aromatic N) is 4. The molecule has 4 rings (SSSR count). The number of furan rings is 1. The zero-order valence-electron chi connectivity index (χ0n) is 16.9. The van der Waals surface area contributed by atoms with E-state index in [-0.39, 0.29) is 18.6 Å². The van der Waals surface area contributed by atoms with Crippen molar-refractivity contribution in [1.82, 2.24) is 19.9 Å². The molecule has 0 spiro atoms. The number of piperidine rings is 1.